The van der Waals surface area contributed by atoms with E-state index < -0.39 is 11.0 Å². The van der Waals surface area contributed by atoms with Gasteiger partial charge >= 0.3 is 5.97 Å². The summed E-state index contributed by atoms with van der Waals surface area (Å²) in [7, 11) is 5.80. The van der Waals surface area contributed by atoms with Gasteiger partial charge in [-0.05, 0) is 72.8 Å². The SMILES string of the molecule is COc1ccc2c(CCN(C)C)cn(SOCC(C)(C)C(=O)OC(C)(C)C)c2c1. The second kappa shape index (κ2) is 9.41. The second-order valence-electron chi connectivity index (χ2n) is 9.14. The third kappa shape index (κ3) is 6.66. The van der Waals surface area contributed by atoms with Gasteiger partial charge in [0.2, 0.25) is 0 Å². The third-order valence-electron chi connectivity index (χ3n) is 4.39. The molecule has 0 spiro atoms. The molecule has 0 bridgehead atoms. The molecule has 0 aliphatic heterocycles. The van der Waals surface area contributed by atoms with Crippen molar-refractivity contribution < 1.29 is 18.5 Å². The van der Waals surface area contributed by atoms with Crippen LogP contribution >= 0.6 is 12.2 Å². The zero-order chi connectivity index (χ0) is 21.8. The van der Waals surface area contributed by atoms with E-state index in [0.717, 1.165) is 24.2 Å². The molecule has 0 fully saturated rings. The Morgan fingerprint density at radius 2 is 1.86 bits per heavy atom. The zero-order valence-electron chi connectivity index (χ0n) is 18.9. The molecule has 2 aromatic rings. The van der Waals surface area contributed by atoms with Crippen molar-refractivity contribution in [2.45, 2.75) is 46.6 Å². The molecule has 0 saturated carbocycles. The van der Waals surface area contributed by atoms with Crippen molar-refractivity contribution in [3.05, 3.63) is 30.0 Å². The van der Waals surface area contributed by atoms with Gasteiger partial charge in [-0.1, -0.05) is 0 Å². The molecule has 0 aliphatic rings. The van der Waals surface area contributed by atoms with Crippen molar-refractivity contribution in [2.75, 3.05) is 34.4 Å². The van der Waals surface area contributed by atoms with Gasteiger partial charge in [-0.25, -0.2) is 0 Å². The van der Waals surface area contributed by atoms with Crippen LogP contribution in [0.25, 0.3) is 10.9 Å². The van der Waals surface area contributed by atoms with Crippen LogP contribution < -0.4 is 4.74 Å². The Hall–Kier alpha value is -1.70. The minimum atomic E-state index is -0.741. The van der Waals surface area contributed by atoms with Crippen LogP contribution in [0.3, 0.4) is 0 Å². The lowest BCUT2D eigenvalue weighted by Crippen LogP contribution is -2.36. The van der Waals surface area contributed by atoms with Gasteiger partial charge in [0.05, 0.1) is 24.6 Å². The number of hydrogen-bond acceptors (Lipinski definition) is 6. The van der Waals surface area contributed by atoms with Crippen LogP contribution in [0.4, 0.5) is 0 Å². The lowest BCUT2D eigenvalue weighted by molar-refractivity contribution is -0.167. The molecular weight excluding hydrogens is 388 g/mol. The van der Waals surface area contributed by atoms with Gasteiger partial charge in [-0.2, -0.15) is 0 Å². The van der Waals surface area contributed by atoms with Crippen LogP contribution in [0.15, 0.2) is 24.4 Å². The maximum Gasteiger partial charge on any atom is 0.314 e. The van der Waals surface area contributed by atoms with Crippen LogP contribution in [-0.2, 0) is 20.1 Å². The highest BCUT2D eigenvalue weighted by molar-refractivity contribution is 7.93. The Kier molecular flexibility index (Phi) is 7.65. The fraction of sp³-hybridized carbons (Fsp3) is 0.591. The molecule has 0 unspecified atom stereocenters. The fourth-order valence-corrected chi connectivity index (χ4v) is 3.55. The molecule has 1 heterocycles. The van der Waals surface area contributed by atoms with Gasteiger partial charge in [0.1, 0.15) is 23.6 Å². The van der Waals surface area contributed by atoms with Crippen LogP contribution in [0.2, 0.25) is 0 Å². The van der Waals surface area contributed by atoms with Crippen molar-refractivity contribution in [3.8, 4) is 5.75 Å². The first-order valence-electron chi connectivity index (χ1n) is 9.79. The third-order valence-corrected chi connectivity index (χ3v) is 5.08. The van der Waals surface area contributed by atoms with Crippen molar-refractivity contribution in [3.63, 3.8) is 0 Å². The summed E-state index contributed by atoms with van der Waals surface area (Å²) in [6.45, 7) is 10.5. The first kappa shape index (κ1) is 23.6. The Morgan fingerprint density at radius 1 is 1.17 bits per heavy atom. The van der Waals surface area contributed by atoms with Gasteiger partial charge in [-0.3, -0.25) is 13.0 Å². The predicted octanol–water partition coefficient (Wildman–Crippen LogP) is 4.55. The number of nitrogens with zero attached hydrogens (tertiary/aromatic N) is 2. The topological polar surface area (TPSA) is 52.9 Å². The fourth-order valence-electron chi connectivity index (χ4n) is 2.68. The van der Waals surface area contributed by atoms with E-state index in [-0.39, 0.29) is 12.6 Å². The first-order chi connectivity index (χ1) is 13.4. The monoisotopic (exact) mass is 422 g/mol. The maximum atomic E-state index is 12.4. The van der Waals surface area contributed by atoms with E-state index in [1.54, 1.807) is 7.11 Å². The number of fused-ring (bicyclic) bond motifs is 1. The Morgan fingerprint density at radius 3 is 2.45 bits per heavy atom. The van der Waals surface area contributed by atoms with Crippen LogP contribution in [-0.4, -0.2) is 54.8 Å². The number of likely N-dealkylation sites (N-methyl/N-ethyl adjacent to an activating group) is 1. The van der Waals surface area contributed by atoms with Crippen molar-refractivity contribution in [1.29, 1.82) is 0 Å². The molecular formula is C22H34N2O4S. The molecule has 0 saturated heterocycles. The molecule has 0 aliphatic carbocycles. The molecule has 162 valence electrons. The number of ether oxygens (including phenoxy) is 2. The smallest absolute Gasteiger partial charge is 0.314 e. The first-order valence-corrected chi connectivity index (χ1v) is 10.5. The Bertz CT molecular complexity index is 837. The van der Waals surface area contributed by atoms with Crippen molar-refractivity contribution >= 4 is 29.1 Å². The minimum Gasteiger partial charge on any atom is -0.497 e. The minimum absolute atomic E-state index is 0.239. The highest BCUT2D eigenvalue weighted by Gasteiger charge is 2.33. The summed E-state index contributed by atoms with van der Waals surface area (Å²) in [5.74, 6) is 0.530. The Balaban J connectivity index is 2.15. The van der Waals surface area contributed by atoms with E-state index in [4.69, 9.17) is 13.7 Å². The van der Waals surface area contributed by atoms with E-state index in [9.17, 15) is 4.79 Å². The number of aromatic nitrogens is 1. The number of carbonyl (C=O) groups is 1. The van der Waals surface area contributed by atoms with Crippen LogP contribution in [0.1, 0.15) is 40.2 Å². The van der Waals surface area contributed by atoms with E-state index in [0.29, 0.717) is 0 Å². The van der Waals surface area contributed by atoms with Crippen molar-refractivity contribution in [2.24, 2.45) is 5.41 Å². The summed E-state index contributed by atoms with van der Waals surface area (Å²) < 4.78 is 18.8. The van der Waals surface area contributed by atoms with Gasteiger partial charge in [0.15, 0.2) is 0 Å². The summed E-state index contributed by atoms with van der Waals surface area (Å²) in [6.07, 6.45) is 3.03. The molecule has 2 rings (SSSR count). The maximum absolute atomic E-state index is 12.4. The number of benzene rings is 1. The van der Waals surface area contributed by atoms with E-state index in [1.807, 2.05) is 50.7 Å². The average Bonchev–Trinajstić information content (AvgIpc) is 2.95. The molecule has 29 heavy (non-hydrogen) atoms. The van der Waals surface area contributed by atoms with Gasteiger partial charge in [0, 0.05) is 24.2 Å². The average molecular weight is 423 g/mol. The second-order valence-corrected chi connectivity index (χ2v) is 9.92. The predicted molar refractivity (Wildman–Crippen MR) is 119 cm³/mol. The van der Waals surface area contributed by atoms with Gasteiger partial charge in [-0.15, -0.1) is 0 Å². The molecule has 0 atom stereocenters. The Labute approximate surface area is 178 Å². The number of hydrogen-bond donors (Lipinski definition) is 0. The van der Waals surface area contributed by atoms with E-state index in [2.05, 4.69) is 31.3 Å². The van der Waals surface area contributed by atoms with E-state index in [1.165, 1.54) is 23.2 Å². The standard InChI is InChI=1S/C22H34N2O4S/c1-21(2,3)28-20(25)22(4,5)15-27-29-24-14-16(11-12-23(6)7)18-10-9-17(26-8)13-19(18)24/h9-10,13-14H,11-12,15H2,1-8H3. The molecule has 0 N–H and O–H groups in total. The number of methoxy groups -OCH3 is 1. The molecule has 0 amide bonds. The lowest BCUT2D eigenvalue weighted by Gasteiger charge is -2.27. The summed E-state index contributed by atoms with van der Waals surface area (Å²) in [5.41, 5.74) is 1.02. The lowest BCUT2D eigenvalue weighted by atomic mass is 9.95. The van der Waals surface area contributed by atoms with Gasteiger partial charge in [0.25, 0.3) is 0 Å². The number of rotatable bonds is 9. The van der Waals surface area contributed by atoms with Crippen LogP contribution in [0, 0.1) is 5.41 Å². The summed E-state index contributed by atoms with van der Waals surface area (Å²) in [5, 5.41) is 1.18. The summed E-state index contributed by atoms with van der Waals surface area (Å²) >= 11 is 1.23. The van der Waals surface area contributed by atoms with Crippen molar-refractivity contribution in [1.82, 2.24) is 8.87 Å². The molecule has 1 aromatic heterocycles. The van der Waals surface area contributed by atoms with E-state index >= 15 is 0 Å². The molecule has 6 nitrogen and oxygen atoms in total. The highest BCUT2D eigenvalue weighted by atomic mass is 32.2. The molecule has 1 aromatic carbocycles. The largest absolute Gasteiger partial charge is 0.497 e. The quantitative estimate of drug-likeness (QED) is 0.436. The normalized spacial score (nSPS) is 12.6. The summed E-state index contributed by atoms with van der Waals surface area (Å²) in [4.78, 5) is 14.6. The molecule has 7 heteroatoms. The van der Waals surface area contributed by atoms with Gasteiger partial charge < -0.3 is 14.4 Å². The number of carbonyl (C=O) groups excluding carboxylic acids is 1. The van der Waals surface area contributed by atoms with Crippen LogP contribution in [0.5, 0.6) is 5.75 Å². The number of esters is 1. The highest BCUT2D eigenvalue weighted by Crippen LogP contribution is 2.31. The summed E-state index contributed by atoms with van der Waals surface area (Å²) in [6, 6.07) is 6.06. The molecule has 0 radical (unpaired) electrons. The zero-order valence-corrected chi connectivity index (χ0v) is 19.7.